The van der Waals surface area contributed by atoms with Gasteiger partial charge in [-0.25, -0.2) is 4.39 Å². The number of Topliss-reactive ketones (excluding diaryl/α,β-unsaturated/α-hetero) is 2. The molecule has 0 aliphatic heterocycles. The third kappa shape index (κ3) is 8.02. The summed E-state index contributed by atoms with van der Waals surface area (Å²) in [7, 11) is 0. The Morgan fingerprint density at radius 2 is 1.21 bits per heavy atom. The van der Waals surface area contributed by atoms with E-state index in [4.69, 9.17) is 11.5 Å². The highest BCUT2D eigenvalue weighted by atomic mass is 19.1. The van der Waals surface area contributed by atoms with Crippen LogP contribution in [-0.4, -0.2) is 43.9 Å². The van der Waals surface area contributed by atoms with Crippen LogP contribution in [0.15, 0.2) is 60.7 Å². The first-order valence-corrected chi connectivity index (χ1v) is 12.3. The Morgan fingerprint density at radius 3 is 1.72 bits per heavy atom. The summed E-state index contributed by atoms with van der Waals surface area (Å²) in [6, 6.07) is 12.8. The fourth-order valence-electron chi connectivity index (χ4n) is 4.35. The third-order valence-corrected chi connectivity index (χ3v) is 6.61. The monoisotopic (exact) mass is 538 g/mol. The molecule has 0 aliphatic carbocycles. The zero-order valence-electron chi connectivity index (χ0n) is 21.1. The van der Waals surface area contributed by atoms with Gasteiger partial charge in [-0.05, 0) is 66.3 Å². The van der Waals surface area contributed by atoms with Crippen LogP contribution in [0.5, 0.6) is 23.0 Å². The van der Waals surface area contributed by atoms with Gasteiger partial charge in [0, 0.05) is 24.7 Å². The molecule has 3 unspecified atom stereocenters. The number of rotatable bonds is 13. The fraction of sp³-hybridized carbons (Fsp3) is 0.276. The lowest BCUT2D eigenvalue weighted by atomic mass is 9.83. The molecule has 0 aromatic heterocycles. The molecule has 0 radical (unpaired) electrons. The van der Waals surface area contributed by atoms with Gasteiger partial charge in [0.25, 0.3) is 0 Å². The molecule has 0 spiro atoms. The molecule has 206 valence electrons. The van der Waals surface area contributed by atoms with Crippen LogP contribution >= 0.6 is 0 Å². The third-order valence-electron chi connectivity index (χ3n) is 6.61. The first-order chi connectivity index (χ1) is 18.4. The summed E-state index contributed by atoms with van der Waals surface area (Å²) in [5.41, 5.74) is 12.8. The van der Waals surface area contributed by atoms with Gasteiger partial charge in [0.05, 0.1) is 6.04 Å². The number of halogens is 1. The number of primary amides is 1. The van der Waals surface area contributed by atoms with Crippen molar-refractivity contribution in [1.29, 1.82) is 0 Å². The summed E-state index contributed by atoms with van der Waals surface area (Å²) in [5.74, 6) is -5.62. The Balaban J connectivity index is 1.80. The highest BCUT2D eigenvalue weighted by Gasteiger charge is 2.29. The number of hydrogen-bond acceptors (Lipinski definition) is 8. The predicted molar refractivity (Wildman–Crippen MR) is 140 cm³/mol. The minimum absolute atomic E-state index is 0.00236. The first-order valence-electron chi connectivity index (χ1n) is 12.3. The van der Waals surface area contributed by atoms with Crippen LogP contribution in [0.4, 0.5) is 4.39 Å². The molecule has 0 fully saturated rings. The van der Waals surface area contributed by atoms with Gasteiger partial charge < -0.3 is 31.9 Å². The van der Waals surface area contributed by atoms with E-state index < -0.39 is 46.9 Å². The molecule has 0 heterocycles. The summed E-state index contributed by atoms with van der Waals surface area (Å²) >= 11 is 0. The van der Waals surface area contributed by atoms with Crippen molar-refractivity contribution < 1.29 is 39.2 Å². The second kappa shape index (κ2) is 12.9. The lowest BCUT2D eigenvalue weighted by molar-refractivity contribution is -0.131. The van der Waals surface area contributed by atoms with Crippen molar-refractivity contribution in [1.82, 2.24) is 0 Å². The second-order valence-corrected chi connectivity index (χ2v) is 9.59. The lowest BCUT2D eigenvalue weighted by Crippen LogP contribution is -2.37. The number of hydrogen-bond donors (Lipinski definition) is 6. The maximum absolute atomic E-state index is 14.1. The van der Waals surface area contributed by atoms with E-state index in [1.807, 2.05) is 0 Å². The van der Waals surface area contributed by atoms with Crippen LogP contribution in [0.1, 0.15) is 29.5 Å². The molecule has 39 heavy (non-hydrogen) atoms. The number of phenolic OH excluding ortho intramolecular Hbond substituents is 4. The fourth-order valence-corrected chi connectivity index (χ4v) is 4.35. The molecule has 0 saturated carbocycles. The smallest absolute Gasteiger partial charge is 0.221 e. The zero-order chi connectivity index (χ0) is 28.7. The van der Waals surface area contributed by atoms with Crippen molar-refractivity contribution in [2.75, 3.05) is 0 Å². The number of carbonyl (C=O) groups is 3. The molecule has 9 nitrogen and oxygen atoms in total. The van der Waals surface area contributed by atoms with Crippen LogP contribution in [-0.2, 0) is 33.6 Å². The van der Waals surface area contributed by atoms with Crippen LogP contribution in [0.2, 0.25) is 0 Å². The van der Waals surface area contributed by atoms with Crippen molar-refractivity contribution in [3.05, 3.63) is 83.2 Å². The Hall–Kier alpha value is -4.44. The average Bonchev–Trinajstić information content (AvgIpc) is 2.88. The van der Waals surface area contributed by atoms with Crippen molar-refractivity contribution in [2.45, 2.75) is 38.1 Å². The standard InChI is InChI=1S/C29H31FN2O7/c30-21-4-2-1-3-18(21)13-22(31)26(36)14-19(9-16-5-7-23(33)27(37)11-16)25(35)15-20(29(32)39)10-17-6-8-24(34)28(38)12-17/h1-8,11-12,19-20,22,33-34,37-38H,9-10,13-15,31H2,(H2,32,39). The largest absolute Gasteiger partial charge is 0.504 e. The van der Waals surface area contributed by atoms with E-state index in [2.05, 4.69) is 0 Å². The molecule has 3 aromatic rings. The van der Waals surface area contributed by atoms with Gasteiger partial charge in [0.1, 0.15) is 11.6 Å². The van der Waals surface area contributed by atoms with Gasteiger partial charge in [-0.2, -0.15) is 0 Å². The average molecular weight is 539 g/mol. The molecule has 3 rings (SSSR count). The predicted octanol–water partition coefficient (Wildman–Crippen LogP) is 2.64. The molecule has 1 amide bonds. The van der Waals surface area contributed by atoms with E-state index in [1.54, 1.807) is 6.07 Å². The highest BCUT2D eigenvalue weighted by Crippen LogP contribution is 2.29. The molecule has 3 aromatic carbocycles. The van der Waals surface area contributed by atoms with E-state index in [-0.39, 0.29) is 54.9 Å². The molecule has 3 atom stereocenters. The topological polar surface area (TPSA) is 184 Å². The highest BCUT2D eigenvalue weighted by molar-refractivity contribution is 5.92. The number of aromatic hydroxyl groups is 4. The van der Waals surface area contributed by atoms with Gasteiger partial charge in [0.2, 0.25) is 5.91 Å². The van der Waals surface area contributed by atoms with E-state index in [0.717, 1.165) is 0 Å². The number of benzene rings is 3. The quantitative estimate of drug-likeness (QED) is 0.179. The zero-order valence-corrected chi connectivity index (χ0v) is 21.1. The first kappa shape index (κ1) is 29.1. The van der Waals surface area contributed by atoms with E-state index in [1.165, 1.54) is 54.6 Å². The van der Waals surface area contributed by atoms with Gasteiger partial charge in [-0.1, -0.05) is 30.3 Å². The molecule has 0 aliphatic rings. The SMILES string of the molecule is NC(=O)C(CC(=O)C(CC(=O)C(N)Cc1ccccc1F)Cc1ccc(O)c(O)c1)Cc1ccc(O)c(O)c1. The lowest BCUT2D eigenvalue weighted by Gasteiger charge is -2.21. The number of carbonyl (C=O) groups excluding carboxylic acids is 3. The molecular formula is C29H31FN2O7. The van der Waals surface area contributed by atoms with Crippen molar-refractivity contribution in [2.24, 2.45) is 23.3 Å². The van der Waals surface area contributed by atoms with Gasteiger partial charge in [-0.15, -0.1) is 0 Å². The number of nitrogens with two attached hydrogens (primary N) is 2. The van der Waals surface area contributed by atoms with Crippen LogP contribution in [0.3, 0.4) is 0 Å². The number of ketones is 2. The van der Waals surface area contributed by atoms with Crippen LogP contribution in [0.25, 0.3) is 0 Å². The Labute approximate surface area is 224 Å². The van der Waals surface area contributed by atoms with Gasteiger partial charge in [-0.3, -0.25) is 14.4 Å². The van der Waals surface area contributed by atoms with E-state index in [0.29, 0.717) is 11.1 Å². The maximum Gasteiger partial charge on any atom is 0.221 e. The normalized spacial score (nSPS) is 13.4. The summed E-state index contributed by atoms with van der Waals surface area (Å²) in [6.45, 7) is 0. The summed E-state index contributed by atoms with van der Waals surface area (Å²) < 4.78 is 14.1. The van der Waals surface area contributed by atoms with E-state index in [9.17, 15) is 39.2 Å². The number of phenols is 4. The maximum atomic E-state index is 14.1. The Morgan fingerprint density at radius 1 is 0.692 bits per heavy atom. The second-order valence-electron chi connectivity index (χ2n) is 9.59. The summed E-state index contributed by atoms with van der Waals surface area (Å²) in [5, 5.41) is 38.8. The minimum atomic E-state index is -1.09. The minimum Gasteiger partial charge on any atom is -0.504 e. The van der Waals surface area contributed by atoms with Crippen LogP contribution < -0.4 is 11.5 Å². The van der Waals surface area contributed by atoms with Gasteiger partial charge in [0.15, 0.2) is 28.8 Å². The van der Waals surface area contributed by atoms with Crippen molar-refractivity contribution in [3.8, 4) is 23.0 Å². The Kier molecular flexibility index (Phi) is 9.62. The van der Waals surface area contributed by atoms with Crippen molar-refractivity contribution >= 4 is 17.5 Å². The Bertz CT molecular complexity index is 1360. The molecule has 0 saturated heterocycles. The molecular weight excluding hydrogens is 507 g/mol. The van der Waals surface area contributed by atoms with Crippen LogP contribution in [0, 0.1) is 17.7 Å². The molecule has 10 heteroatoms. The number of amides is 1. The molecule has 0 bridgehead atoms. The summed E-state index contributed by atoms with van der Waals surface area (Å²) in [6.07, 6.45) is -0.692. The molecule has 8 N–H and O–H groups in total. The van der Waals surface area contributed by atoms with Crippen molar-refractivity contribution in [3.63, 3.8) is 0 Å². The van der Waals surface area contributed by atoms with Gasteiger partial charge >= 0.3 is 0 Å². The van der Waals surface area contributed by atoms with E-state index >= 15 is 0 Å². The summed E-state index contributed by atoms with van der Waals surface area (Å²) in [4.78, 5) is 38.7.